The number of nitrogen functional groups attached to an aromatic ring is 1. The monoisotopic (exact) mass is 502 g/mol. The minimum absolute atomic E-state index is 0.0985. The number of nitrogens with two attached hydrogens (primary N) is 1. The zero-order valence-corrected chi connectivity index (χ0v) is 19.7. The topological polar surface area (TPSA) is 130 Å². The Balaban J connectivity index is 1.59. The smallest absolute Gasteiger partial charge is 0.264 e. The van der Waals surface area contributed by atoms with Crippen molar-refractivity contribution < 1.29 is 27.6 Å². The van der Waals surface area contributed by atoms with Crippen molar-refractivity contribution in [2.75, 3.05) is 31.5 Å². The van der Waals surface area contributed by atoms with Gasteiger partial charge in [0.15, 0.2) is 23.1 Å². The van der Waals surface area contributed by atoms with E-state index in [4.69, 9.17) is 19.7 Å². The number of anilines is 2. The summed E-state index contributed by atoms with van der Waals surface area (Å²) in [6, 6.07) is 8.22. The molecule has 13 heteroatoms. The van der Waals surface area contributed by atoms with Crippen LogP contribution < -0.4 is 20.5 Å². The molecule has 35 heavy (non-hydrogen) atoms. The van der Waals surface area contributed by atoms with Crippen LogP contribution in [0.2, 0.25) is 0 Å². The first-order valence-corrected chi connectivity index (χ1v) is 11.3. The van der Waals surface area contributed by atoms with Gasteiger partial charge in [0, 0.05) is 17.3 Å². The van der Waals surface area contributed by atoms with Gasteiger partial charge in [0.2, 0.25) is 11.7 Å². The SMILES string of the molecule is COc1ccc(-c2noc(-c3c(SC)nn(CC(=O)Nc4ccc(F)c(F)c4)c3N)n2)cc1OC. The molecule has 2 heterocycles. The van der Waals surface area contributed by atoms with Gasteiger partial charge in [-0.3, -0.25) is 4.79 Å². The number of hydrogen-bond donors (Lipinski definition) is 2. The van der Waals surface area contributed by atoms with Gasteiger partial charge < -0.3 is 25.0 Å². The van der Waals surface area contributed by atoms with E-state index in [1.165, 1.54) is 36.7 Å². The summed E-state index contributed by atoms with van der Waals surface area (Å²) in [5, 5.41) is 11.3. The molecule has 0 spiro atoms. The second-order valence-corrected chi connectivity index (χ2v) is 7.89. The Morgan fingerprint density at radius 3 is 2.60 bits per heavy atom. The molecule has 0 aliphatic rings. The zero-order valence-electron chi connectivity index (χ0n) is 18.8. The lowest BCUT2D eigenvalue weighted by Gasteiger charge is -2.07. The van der Waals surface area contributed by atoms with Gasteiger partial charge in [0.25, 0.3) is 5.89 Å². The lowest BCUT2D eigenvalue weighted by Crippen LogP contribution is -2.20. The number of aromatic nitrogens is 4. The fraction of sp³-hybridized carbons (Fsp3) is 0.182. The summed E-state index contributed by atoms with van der Waals surface area (Å²) < 4.78 is 43.8. The van der Waals surface area contributed by atoms with Gasteiger partial charge in [-0.05, 0) is 36.6 Å². The molecule has 0 saturated heterocycles. The molecule has 0 unspecified atom stereocenters. The third-order valence-electron chi connectivity index (χ3n) is 4.93. The molecule has 0 bridgehead atoms. The number of ether oxygens (including phenoxy) is 2. The first kappa shape index (κ1) is 24.0. The van der Waals surface area contributed by atoms with Gasteiger partial charge in [-0.2, -0.15) is 10.1 Å². The Kier molecular flexibility index (Phi) is 6.87. The number of carbonyl (C=O) groups is 1. The second-order valence-electron chi connectivity index (χ2n) is 7.10. The highest BCUT2D eigenvalue weighted by Gasteiger charge is 2.24. The Morgan fingerprint density at radius 1 is 1.14 bits per heavy atom. The Labute approximate surface area is 202 Å². The standard InChI is InChI=1S/C22H20F2N6O4S/c1-32-15-7-4-11(8-16(15)33-2)20-27-21(34-29-20)18-19(25)30(28-22(18)35-3)10-17(31)26-12-5-6-13(23)14(24)9-12/h4-9H,10,25H2,1-3H3,(H,26,31). The lowest BCUT2D eigenvalue weighted by molar-refractivity contribution is -0.116. The van der Waals surface area contributed by atoms with Crippen LogP contribution in [-0.4, -0.2) is 46.3 Å². The summed E-state index contributed by atoms with van der Waals surface area (Å²) in [6.07, 6.45) is 1.78. The van der Waals surface area contributed by atoms with Crippen molar-refractivity contribution in [3.8, 4) is 34.3 Å². The fourth-order valence-electron chi connectivity index (χ4n) is 3.24. The predicted octanol–water partition coefficient (Wildman–Crippen LogP) is 3.84. The fourth-order valence-corrected chi connectivity index (χ4v) is 3.82. The van der Waals surface area contributed by atoms with Crippen molar-refractivity contribution in [2.45, 2.75) is 11.6 Å². The maximum absolute atomic E-state index is 13.4. The lowest BCUT2D eigenvalue weighted by atomic mass is 10.2. The van der Waals surface area contributed by atoms with Gasteiger partial charge in [-0.15, -0.1) is 11.8 Å². The van der Waals surface area contributed by atoms with Crippen molar-refractivity contribution in [2.24, 2.45) is 0 Å². The number of methoxy groups -OCH3 is 2. The van der Waals surface area contributed by atoms with Crippen molar-refractivity contribution >= 4 is 29.2 Å². The second kappa shape index (κ2) is 10.0. The number of thioether (sulfide) groups is 1. The molecule has 0 saturated carbocycles. The minimum atomic E-state index is -1.07. The molecule has 0 aliphatic heterocycles. The minimum Gasteiger partial charge on any atom is -0.493 e. The maximum Gasteiger partial charge on any atom is 0.264 e. The van der Waals surface area contributed by atoms with E-state index in [9.17, 15) is 13.6 Å². The highest BCUT2D eigenvalue weighted by Crippen LogP contribution is 2.36. The van der Waals surface area contributed by atoms with Crippen molar-refractivity contribution in [1.82, 2.24) is 19.9 Å². The van der Waals surface area contributed by atoms with E-state index < -0.39 is 17.5 Å². The van der Waals surface area contributed by atoms with E-state index in [0.29, 0.717) is 27.7 Å². The third kappa shape index (κ3) is 4.89. The molecule has 3 N–H and O–H groups in total. The molecule has 0 atom stereocenters. The first-order valence-electron chi connectivity index (χ1n) is 10.1. The highest BCUT2D eigenvalue weighted by molar-refractivity contribution is 7.98. The average Bonchev–Trinajstić information content (AvgIpc) is 3.45. The summed E-state index contributed by atoms with van der Waals surface area (Å²) in [5.41, 5.74) is 7.36. The Morgan fingerprint density at radius 2 is 1.91 bits per heavy atom. The third-order valence-corrected chi connectivity index (χ3v) is 5.60. The predicted molar refractivity (Wildman–Crippen MR) is 125 cm³/mol. The molecule has 1 amide bonds. The van der Waals surface area contributed by atoms with Crippen LogP contribution in [0.4, 0.5) is 20.3 Å². The molecule has 2 aromatic carbocycles. The van der Waals surface area contributed by atoms with E-state index in [0.717, 1.165) is 12.1 Å². The van der Waals surface area contributed by atoms with Crippen LogP contribution in [0.1, 0.15) is 0 Å². The number of nitrogens with zero attached hydrogens (tertiary/aromatic N) is 4. The highest BCUT2D eigenvalue weighted by atomic mass is 32.2. The zero-order chi connectivity index (χ0) is 25.1. The van der Waals surface area contributed by atoms with E-state index in [-0.39, 0.29) is 29.8 Å². The Bertz CT molecular complexity index is 1390. The largest absolute Gasteiger partial charge is 0.493 e. The van der Waals surface area contributed by atoms with Crippen LogP contribution in [0.5, 0.6) is 11.5 Å². The van der Waals surface area contributed by atoms with Crippen LogP contribution in [0, 0.1) is 11.6 Å². The summed E-state index contributed by atoms with van der Waals surface area (Å²) in [6.45, 7) is -0.283. The first-order chi connectivity index (χ1) is 16.8. The maximum atomic E-state index is 13.4. The molecular formula is C22H20F2N6O4S. The molecule has 0 aliphatic carbocycles. The van der Waals surface area contributed by atoms with Gasteiger partial charge in [-0.1, -0.05) is 5.16 Å². The normalized spacial score (nSPS) is 10.9. The summed E-state index contributed by atoms with van der Waals surface area (Å²) in [5.74, 6) is -1.05. The van der Waals surface area contributed by atoms with Crippen molar-refractivity contribution in [3.05, 3.63) is 48.0 Å². The van der Waals surface area contributed by atoms with Gasteiger partial charge in [0.05, 0.1) is 14.2 Å². The number of rotatable bonds is 8. The van der Waals surface area contributed by atoms with Crippen LogP contribution >= 0.6 is 11.8 Å². The van der Waals surface area contributed by atoms with E-state index in [2.05, 4.69) is 20.6 Å². The van der Waals surface area contributed by atoms with E-state index in [1.807, 2.05) is 0 Å². The van der Waals surface area contributed by atoms with Crippen molar-refractivity contribution in [1.29, 1.82) is 0 Å². The number of halogens is 2. The molecule has 182 valence electrons. The summed E-state index contributed by atoms with van der Waals surface area (Å²) in [4.78, 5) is 16.9. The average molecular weight is 503 g/mol. The molecule has 10 nitrogen and oxygen atoms in total. The van der Waals surface area contributed by atoms with Crippen LogP contribution in [0.25, 0.3) is 22.8 Å². The molecular weight excluding hydrogens is 482 g/mol. The molecule has 4 aromatic rings. The van der Waals surface area contributed by atoms with Gasteiger partial charge in [0.1, 0.15) is 23.0 Å². The van der Waals surface area contributed by atoms with Crippen LogP contribution in [0.15, 0.2) is 45.9 Å². The van der Waals surface area contributed by atoms with E-state index in [1.54, 1.807) is 24.5 Å². The van der Waals surface area contributed by atoms with Crippen LogP contribution in [-0.2, 0) is 11.3 Å². The number of hydrogen-bond acceptors (Lipinski definition) is 9. The quantitative estimate of drug-likeness (QED) is 0.345. The van der Waals surface area contributed by atoms with Gasteiger partial charge in [-0.25, -0.2) is 13.5 Å². The number of carbonyl (C=O) groups excluding carboxylic acids is 1. The number of amides is 1. The molecule has 2 aromatic heterocycles. The number of benzene rings is 2. The number of nitrogens with one attached hydrogen (secondary N) is 1. The van der Waals surface area contributed by atoms with Gasteiger partial charge >= 0.3 is 0 Å². The van der Waals surface area contributed by atoms with E-state index >= 15 is 0 Å². The molecule has 0 radical (unpaired) electrons. The van der Waals surface area contributed by atoms with Crippen molar-refractivity contribution in [3.63, 3.8) is 0 Å². The summed E-state index contributed by atoms with van der Waals surface area (Å²) >= 11 is 1.28. The molecule has 0 fully saturated rings. The molecule has 4 rings (SSSR count). The Hall–Kier alpha value is -4.13. The van der Waals surface area contributed by atoms with Crippen LogP contribution in [0.3, 0.4) is 0 Å². The summed E-state index contributed by atoms with van der Waals surface area (Å²) in [7, 11) is 3.05.